The van der Waals surface area contributed by atoms with Gasteiger partial charge in [-0.25, -0.2) is 0 Å². The second-order valence-electron chi connectivity index (χ2n) is 5.77. The molecule has 110 valence electrons. The number of hydrogen-bond acceptors (Lipinski definition) is 4. The van der Waals surface area contributed by atoms with Crippen molar-refractivity contribution in [1.29, 1.82) is 0 Å². The summed E-state index contributed by atoms with van der Waals surface area (Å²) in [5.74, 6) is 1.63. The molecule has 1 saturated heterocycles. The molecule has 0 bridgehead atoms. The van der Waals surface area contributed by atoms with Crippen molar-refractivity contribution in [2.75, 3.05) is 27.3 Å². The number of rotatable bonds is 3. The maximum atomic E-state index is 6.45. The molecule has 4 nitrogen and oxygen atoms in total. The van der Waals surface area contributed by atoms with Gasteiger partial charge in [0.2, 0.25) is 0 Å². The predicted octanol–water partition coefficient (Wildman–Crippen LogP) is 2.68. The summed E-state index contributed by atoms with van der Waals surface area (Å²) < 4.78 is 17.1. The van der Waals surface area contributed by atoms with E-state index in [1.807, 2.05) is 18.2 Å². The van der Waals surface area contributed by atoms with Gasteiger partial charge in [0.25, 0.3) is 0 Å². The van der Waals surface area contributed by atoms with Gasteiger partial charge in [-0.1, -0.05) is 12.8 Å². The van der Waals surface area contributed by atoms with Crippen LogP contribution in [0.25, 0.3) is 0 Å². The van der Waals surface area contributed by atoms with Crippen LogP contribution in [0, 0.1) is 0 Å². The van der Waals surface area contributed by atoms with E-state index in [1.165, 1.54) is 12.8 Å². The van der Waals surface area contributed by atoms with Crippen LogP contribution < -0.4 is 14.8 Å². The Balaban J connectivity index is 1.84. The van der Waals surface area contributed by atoms with Gasteiger partial charge in [-0.2, -0.15) is 0 Å². The molecule has 1 atom stereocenters. The quantitative estimate of drug-likeness (QED) is 0.922. The molecule has 0 radical (unpaired) electrons. The van der Waals surface area contributed by atoms with Crippen molar-refractivity contribution < 1.29 is 14.2 Å². The lowest BCUT2D eigenvalue weighted by Gasteiger charge is -2.39. The van der Waals surface area contributed by atoms with Crippen molar-refractivity contribution in [1.82, 2.24) is 5.32 Å². The highest BCUT2D eigenvalue weighted by molar-refractivity contribution is 5.39. The highest BCUT2D eigenvalue weighted by Gasteiger charge is 2.40. The molecule has 1 aliphatic heterocycles. The van der Waals surface area contributed by atoms with E-state index in [4.69, 9.17) is 14.2 Å². The van der Waals surface area contributed by atoms with Crippen molar-refractivity contribution in [2.45, 2.75) is 37.4 Å². The summed E-state index contributed by atoms with van der Waals surface area (Å²) >= 11 is 0. The highest BCUT2D eigenvalue weighted by Crippen LogP contribution is 2.40. The number of nitrogens with one attached hydrogen (secondary N) is 1. The summed E-state index contributed by atoms with van der Waals surface area (Å²) in [4.78, 5) is 0. The molecule has 1 unspecified atom stereocenters. The molecule has 1 saturated carbocycles. The van der Waals surface area contributed by atoms with Gasteiger partial charge in [-0.05, 0) is 30.5 Å². The van der Waals surface area contributed by atoms with Crippen LogP contribution in [0.15, 0.2) is 18.2 Å². The molecule has 4 heteroatoms. The fourth-order valence-corrected chi connectivity index (χ4v) is 3.33. The van der Waals surface area contributed by atoms with E-state index in [0.29, 0.717) is 0 Å². The Kier molecular flexibility index (Phi) is 3.85. The highest BCUT2D eigenvalue weighted by atomic mass is 16.5. The zero-order valence-corrected chi connectivity index (χ0v) is 12.3. The Morgan fingerprint density at radius 2 is 1.75 bits per heavy atom. The number of methoxy groups -OCH3 is 2. The molecule has 1 aliphatic carbocycles. The summed E-state index contributed by atoms with van der Waals surface area (Å²) in [6.07, 6.45) is 4.95. The SMILES string of the molecule is COc1cc(OC)cc(C2CNCC3(CCCC3)O2)c1. The first-order valence-corrected chi connectivity index (χ1v) is 7.36. The lowest BCUT2D eigenvalue weighted by Crippen LogP contribution is -2.49. The van der Waals surface area contributed by atoms with Gasteiger partial charge < -0.3 is 19.5 Å². The maximum absolute atomic E-state index is 6.45. The smallest absolute Gasteiger partial charge is 0.122 e. The summed E-state index contributed by atoms with van der Waals surface area (Å²) in [5, 5.41) is 3.53. The Hall–Kier alpha value is -1.26. The zero-order valence-electron chi connectivity index (χ0n) is 12.3. The summed E-state index contributed by atoms with van der Waals surface area (Å²) in [5.41, 5.74) is 1.17. The van der Waals surface area contributed by atoms with Crippen LogP contribution in [0.5, 0.6) is 11.5 Å². The minimum Gasteiger partial charge on any atom is -0.497 e. The molecule has 0 amide bonds. The van der Waals surface area contributed by atoms with Crippen LogP contribution in [0.4, 0.5) is 0 Å². The fourth-order valence-electron chi connectivity index (χ4n) is 3.33. The van der Waals surface area contributed by atoms with Crippen molar-refractivity contribution in [3.8, 4) is 11.5 Å². The van der Waals surface area contributed by atoms with Crippen LogP contribution in [0.1, 0.15) is 37.4 Å². The molecule has 1 aromatic carbocycles. The van der Waals surface area contributed by atoms with Gasteiger partial charge in [0.1, 0.15) is 11.5 Å². The summed E-state index contributed by atoms with van der Waals surface area (Å²) in [6, 6.07) is 5.98. The first-order chi connectivity index (χ1) is 9.74. The van der Waals surface area contributed by atoms with E-state index in [0.717, 1.165) is 43.0 Å². The third-order valence-corrected chi connectivity index (χ3v) is 4.43. The molecule has 1 heterocycles. The number of morpholine rings is 1. The first-order valence-electron chi connectivity index (χ1n) is 7.36. The molecule has 20 heavy (non-hydrogen) atoms. The average Bonchev–Trinajstić information content (AvgIpc) is 2.94. The van der Waals surface area contributed by atoms with Crippen LogP contribution in [-0.2, 0) is 4.74 Å². The molecule has 0 aromatic heterocycles. The fraction of sp³-hybridized carbons (Fsp3) is 0.625. The van der Waals surface area contributed by atoms with Crippen molar-refractivity contribution >= 4 is 0 Å². The van der Waals surface area contributed by atoms with Crippen LogP contribution in [0.3, 0.4) is 0 Å². The minimum absolute atomic E-state index is 0.0409. The third-order valence-electron chi connectivity index (χ3n) is 4.43. The largest absolute Gasteiger partial charge is 0.497 e. The molecular formula is C16H23NO3. The van der Waals surface area contributed by atoms with E-state index in [9.17, 15) is 0 Å². The Morgan fingerprint density at radius 1 is 1.10 bits per heavy atom. The lowest BCUT2D eigenvalue weighted by atomic mass is 9.97. The normalized spacial score (nSPS) is 24.8. The van der Waals surface area contributed by atoms with Gasteiger partial charge in [-0.3, -0.25) is 0 Å². The molecule has 1 spiro atoms. The zero-order chi connectivity index (χ0) is 14.0. The van der Waals surface area contributed by atoms with Crippen LogP contribution in [0.2, 0.25) is 0 Å². The average molecular weight is 277 g/mol. The van der Waals surface area contributed by atoms with E-state index < -0.39 is 0 Å². The van der Waals surface area contributed by atoms with Crippen LogP contribution >= 0.6 is 0 Å². The van der Waals surface area contributed by atoms with Gasteiger partial charge in [0, 0.05) is 19.2 Å². The van der Waals surface area contributed by atoms with Crippen molar-refractivity contribution in [2.24, 2.45) is 0 Å². The topological polar surface area (TPSA) is 39.7 Å². The molecule has 1 N–H and O–H groups in total. The molecule has 3 rings (SSSR count). The predicted molar refractivity (Wildman–Crippen MR) is 77.4 cm³/mol. The number of benzene rings is 1. The van der Waals surface area contributed by atoms with Crippen molar-refractivity contribution in [3.05, 3.63) is 23.8 Å². The van der Waals surface area contributed by atoms with E-state index in [1.54, 1.807) is 14.2 Å². The maximum Gasteiger partial charge on any atom is 0.122 e. The first kappa shape index (κ1) is 13.7. The van der Waals surface area contributed by atoms with Gasteiger partial charge in [0.15, 0.2) is 0 Å². The van der Waals surface area contributed by atoms with Gasteiger partial charge in [0.05, 0.1) is 25.9 Å². The second-order valence-corrected chi connectivity index (χ2v) is 5.77. The number of ether oxygens (including phenoxy) is 3. The van der Waals surface area contributed by atoms with E-state index in [2.05, 4.69) is 5.32 Å². The van der Waals surface area contributed by atoms with E-state index in [-0.39, 0.29) is 11.7 Å². The Morgan fingerprint density at radius 3 is 2.35 bits per heavy atom. The third kappa shape index (κ3) is 2.63. The summed E-state index contributed by atoms with van der Waals surface area (Å²) in [7, 11) is 3.36. The van der Waals surface area contributed by atoms with Gasteiger partial charge in [-0.15, -0.1) is 0 Å². The number of hydrogen-bond donors (Lipinski definition) is 1. The monoisotopic (exact) mass is 277 g/mol. The van der Waals surface area contributed by atoms with Crippen LogP contribution in [-0.4, -0.2) is 32.9 Å². The standard InChI is InChI=1S/C16H23NO3/c1-18-13-7-12(8-14(9-13)19-2)15-10-17-11-16(20-15)5-3-4-6-16/h7-9,15,17H,3-6,10-11H2,1-2H3. The molecular weight excluding hydrogens is 254 g/mol. The Labute approximate surface area is 120 Å². The molecule has 2 aliphatic rings. The molecule has 2 fully saturated rings. The van der Waals surface area contributed by atoms with E-state index >= 15 is 0 Å². The minimum atomic E-state index is 0.0409. The summed E-state index contributed by atoms with van der Waals surface area (Å²) in [6.45, 7) is 1.82. The van der Waals surface area contributed by atoms with Gasteiger partial charge >= 0.3 is 0 Å². The second kappa shape index (κ2) is 5.62. The van der Waals surface area contributed by atoms with Crippen molar-refractivity contribution in [3.63, 3.8) is 0 Å². The lowest BCUT2D eigenvalue weighted by molar-refractivity contribution is -0.114. The molecule has 1 aromatic rings. The Bertz CT molecular complexity index is 447.